The van der Waals surface area contributed by atoms with Gasteiger partial charge in [0.15, 0.2) is 0 Å². The predicted octanol–water partition coefficient (Wildman–Crippen LogP) is 1.40. The fourth-order valence-corrected chi connectivity index (χ4v) is 4.01. The molecule has 4 aliphatic heterocycles. The van der Waals surface area contributed by atoms with E-state index in [1.807, 2.05) is 0 Å². The topological polar surface area (TPSA) is 18.5 Å². The summed E-state index contributed by atoms with van der Waals surface area (Å²) < 4.78 is 0. The standard InChI is InChI=1S/C15H29N3/c1-12(2)18-8-3-13(10-18)9-16-15-11-17-6-4-14(15)5-7-17/h12-16H,3-11H2,1-2H3. The van der Waals surface area contributed by atoms with E-state index in [1.165, 1.54) is 58.5 Å². The number of hydrogen-bond donors (Lipinski definition) is 1. The zero-order chi connectivity index (χ0) is 12.5. The number of rotatable bonds is 4. The van der Waals surface area contributed by atoms with Crippen molar-refractivity contribution in [1.82, 2.24) is 15.1 Å². The molecule has 3 heteroatoms. The molecule has 1 N–H and O–H groups in total. The molecule has 18 heavy (non-hydrogen) atoms. The monoisotopic (exact) mass is 251 g/mol. The van der Waals surface area contributed by atoms with Gasteiger partial charge in [-0.05, 0) is 71.1 Å². The van der Waals surface area contributed by atoms with Gasteiger partial charge in [-0.2, -0.15) is 0 Å². The van der Waals surface area contributed by atoms with Crippen LogP contribution in [0, 0.1) is 11.8 Å². The van der Waals surface area contributed by atoms with Crippen LogP contribution in [-0.2, 0) is 0 Å². The van der Waals surface area contributed by atoms with Crippen LogP contribution in [-0.4, -0.2) is 61.2 Å². The molecule has 2 atom stereocenters. The van der Waals surface area contributed by atoms with E-state index < -0.39 is 0 Å². The summed E-state index contributed by atoms with van der Waals surface area (Å²) in [7, 11) is 0. The number of nitrogens with zero attached hydrogens (tertiary/aromatic N) is 2. The first-order valence-electron chi connectivity index (χ1n) is 7.92. The van der Waals surface area contributed by atoms with Gasteiger partial charge in [0.25, 0.3) is 0 Å². The minimum Gasteiger partial charge on any atom is -0.312 e. The molecule has 0 saturated carbocycles. The number of likely N-dealkylation sites (tertiary alicyclic amines) is 1. The number of fused-ring (bicyclic) bond motifs is 3. The lowest BCUT2D eigenvalue weighted by molar-refractivity contribution is 0.0708. The largest absolute Gasteiger partial charge is 0.312 e. The Morgan fingerprint density at radius 3 is 2.39 bits per heavy atom. The molecule has 4 fully saturated rings. The van der Waals surface area contributed by atoms with Crippen molar-refractivity contribution in [2.75, 3.05) is 39.3 Å². The Labute approximate surface area is 112 Å². The molecule has 4 heterocycles. The lowest BCUT2D eigenvalue weighted by atomic mass is 9.84. The first-order chi connectivity index (χ1) is 8.72. The normalized spacial score (nSPS) is 40.8. The highest BCUT2D eigenvalue weighted by Crippen LogP contribution is 2.28. The minimum absolute atomic E-state index is 0.729. The Bertz CT molecular complexity index is 271. The van der Waals surface area contributed by atoms with E-state index in [4.69, 9.17) is 0 Å². The highest BCUT2D eigenvalue weighted by Gasteiger charge is 2.34. The highest BCUT2D eigenvalue weighted by atomic mass is 15.2. The Morgan fingerprint density at radius 2 is 1.83 bits per heavy atom. The summed E-state index contributed by atoms with van der Waals surface area (Å²) >= 11 is 0. The molecule has 0 aromatic carbocycles. The van der Waals surface area contributed by atoms with Gasteiger partial charge in [0.05, 0.1) is 0 Å². The van der Waals surface area contributed by atoms with Gasteiger partial charge in [-0.1, -0.05) is 0 Å². The van der Waals surface area contributed by atoms with E-state index in [9.17, 15) is 0 Å². The molecular formula is C15H29N3. The van der Waals surface area contributed by atoms with Crippen molar-refractivity contribution in [2.24, 2.45) is 11.8 Å². The maximum Gasteiger partial charge on any atom is 0.0224 e. The summed E-state index contributed by atoms with van der Waals surface area (Å²) in [6.45, 7) is 12.5. The van der Waals surface area contributed by atoms with Crippen LogP contribution in [0.2, 0.25) is 0 Å². The van der Waals surface area contributed by atoms with Gasteiger partial charge in [-0.3, -0.25) is 0 Å². The van der Waals surface area contributed by atoms with Gasteiger partial charge < -0.3 is 15.1 Å². The molecule has 0 aromatic heterocycles. The fraction of sp³-hybridized carbons (Fsp3) is 1.00. The summed E-state index contributed by atoms with van der Waals surface area (Å²) in [5, 5.41) is 3.89. The average Bonchev–Trinajstić information content (AvgIpc) is 2.87. The van der Waals surface area contributed by atoms with E-state index >= 15 is 0 Å². The van der Waals surface area contributed by atoms with Crippen LogP contribution < -0.4 is 5.32 Å². The third kappa shape index (κ3) is 2.73. The maximum absolute atomic E-state index is 3.89. The van der Waals surface area contributed by atoms with Crippen molar-refractivity contribution < 1.29 is 0 Å². The molecule has 0 spiro atoms. The van der Waals surface area contributed by atoms with E-state index in [1.54, 1.807) is 0 Å². The summed E-state index contributed by atoms with van der Waals surface area (Å²) in [6, 6.07) is 1.52. The van der Waals surface area contributed by atoms with Crippen LogP contribution in [0.3, 0.4) is 0 Å². The molecule has 0 amide bonds. The molecule has 0 aliphatic carbocycles. The Hall–Kier alpha value is -0.120. The molecule has 3 nitrogen and oxygen atoms in total. The van der Waals surface area contributed by atoms with E-state index in [-0.39, 0.29) is 0 Å². The van der Waals surface area contributed by atoms with Gasteiger partial charge in [-0.15, -0.1) is 0 Å². The average molecular weight is 251 g/mol. The third-order valence-electron chi connectivity index (χ3n) is 5.37. The zero-order valence-corrected chi connectivity index (χ0v) is 12.1. The van der Waals surface area contributed by atoms with E-state index in [2.05, 4.69) is 29.0 Å². The second-order valence-electron chi connectivity index (χ2n) is 6.90. The smallest absolute Gasteiger partial charge is 0.0224 e. The van der Waals surface area contributed by atoms with Gasteiger partial charge in [-0.25, -0.2) is 0 Å². The van der Waals surface area contributed by atoms with Gasteiger partial charge in [0.1, 0.15) is 0 Å². The van der Waals surface area contributed by atoms with Gasteiger partial charge in [0, 0.05) is 25.2 Å². The van der Waals surface area contributed by atoms with Gasteiger partial charge >= 0.3 is 0 Å². The lowest BCUT2D eigenvalue weighted by Gasteiger charge is -2.45. The van der Waals surface area contributed by atoms with Crippen molar-refractivity contribution in [3.05, 3.63) is 0 Å². The van der Waals surface area contributed by atoms with E-state index in [0.29, 0.717) is 0 Å². The molecule has 2 unspecified atom stereocenters. The fourth-order valence-electron chi connectivity index (χ4n) is 4.01. The second kappa shape index (κ2) is 5.48. The first-order valence-corrected chi connectivity index (χ1v) is 7.92. The van der Waals surface area contributed by atoms with Crippen molar-refractivity contribution in [2.45, 2.75) is 45.2 Å². The molecule has 4 saturated heterocycles. The second-order valence-corrected chi connectivity index (χ2v) is 6.90. The maximum atomic E-state index is 3.89. The van der Waals surface area contributed by atoms with Crippen molar-refractivity contribution in [3.8, 4) is 0 Å². The molecule has 0 aromatic rings. The highest BCUT2D eigenvalue weighted by molar-refractivity contribution is 4.91. The van der Waals surface area contributed by atoms with Crippen molar-refractivity contribution >= 4 is 0 Å². The summed E-state index contributed by atoms with van der Waals surface area (Å²) in [5.41, 5.74) is 0. The summed E-state index contributed by atoms with van der Waals surface area (Å²) in [4.78, 5) is 5.27. The zero-order valence-electron chi connectivity index (χ0n) is 12.1. The van der Waals surface area contributed by atoms with Crippen LogP contribution in [0.1, 0.15) is 33.1 Å². The summed E-state index contributed by atoms with van der Waals surface area (Å²) in [5.74, 6) is 1.86. The van der Waals surface area contributed by atoms with Crippen molar-refractivity contribution in [3.63, 3.8) is 0 Å². The first kappa shape index (κ1) is 12.9. The molecule has 4 rings (SSSR count). The molecule has 0 radical (unpaired) electrons. The third-order valence-corrected chi connectivity index (χ3v) is 5.37. The quantitative estimate of drug-likeness (QED) is 0.815. The van der Waals surface area contributed by atoms with Crippen LogP contribution in [0.5, 0.6) is 0 Å². The summed E-state index contributed by atoms with van der Waals surface area (Å²) in [6.07, 6.45) is 4.26. The van der Waals surface area contributed by atoms with Crippen LogP contribution in [0.15, 0.2) is 0 Å². The number of piperidine rings is 3. The van der Waals surface area contributed by atoms with Crippen molar-refractivity contribution in [1.29, 1.82) is 0 Å². The van der Waals surface area contributed by atoms with E-state index in [0.717, 1.165) is 23.9 Å². The van der Waals surface area contributed by atoms with Crippen LogP contribution in [0.25, 0.3) is 0 Å². The molecule has 2 bridgehead atoms. The van der Waals surface area contributed by atoms with Crippen LogP contribution in [0.4, 0.5) is 0 Å². The molecular weight excluding hydrogens is 222 g/mol. The Morgan fingerprint density at radius 1 is 1.06 bits per heavy atom. The Balaban J connectivity index is 1.42. The van der Waals surface area contributed by atoms with Gasteiger partial charge in [0.2, 0.25) is 0 Å². The minimum atomic E-state index is 0.729. The predicted molar refractivity (Wildman–Crippen MR) is 75.8 cm³/mol. The SMILES string of the molecule is CC(C)N1CCC(CNC2CN3CCC2CC3)C1. The number of hydrogen-bond acceptors (Lipinski definition) is 3. The lowest BCUT2D eigenvalue weighted by Crippen LogP contribution is -2.56. The molecule has 104 valence electrons. The van der Waals surface area contributed by atoms with Crippen LogP contribution >= 0.6 is 0 Å². The Kier molecular flexibility index (Phi) is 3.92. The molecule has 4 aliphatic rings. The number of nitrogens with one attached hydrogen (secondary N) is 1.